The second-order valence-corrected chi connectivity index (χ2v) is 13.4. The molecule has 0 radical (unpaired) electrons. The number of halogens is 3. The van der Waals surface area contributed by atoms with Crippen LogP contribution in [0.5, 0.6) is 0 Å². The molecule has 0 aliphatic carbocycles. The van der Waals surface area contributed by atoms with Crippen molar-refractivity contribution in [3.05, 3.63) is 117 Å². The second-order valence-electron chi connectivity index (χ2n) is 8.61. The smallest absolute Gasteiger partial charge is 0.261 e. The summed E-state index contributed by atoms with van der Waals surface area (Å²) in [6.07, 6.45) is 1.06. The van der Waals surface area contributed by atoms with Crippen molar-refractivity contribution >= 4 is 77.8 Å². The highest BCUT2D eigenvalue weighted by Crippen LogP contribution is 2.29. The lowest BCUT2D eigenvalue weighted by atomic mass is 10.1. The van der Waals surface area contributed by atoms with Gasteiger partial charge in [-0.15, -0.1) is 0 Å². The van der Waals surface area contributed by atoms with Crippen LogP contribution in [0.2, 0.25) is 15.1 Å². The van der Waals surface area contributed by atoms with E-state index in [0.29, 0.717) is 37.7 Å². The molecule has 8 nitrogen and oxygen atoms in total. The molecule has 0 fully saturated rings. The number of anilines is 3. The number of nitrogens with one attached hydrogen (secondary N) is 2. The number of carbonyl (C=O) groups excluding carboxylic acids is 1. The maximum Gasteiger partial charge on any atom is 0.261 e. The molecule has 0 spiro atoms. The minimum atomic E-state index is -3.85. The lowest BCUT2D eigenvalue weighted by molar-refractivity contribution is 0.102. The molecule has 0 bridgehead atoms. The van der Waals surface area contributed by atoms with Gasteiger partial charge in [0.2, 0.25) is 10.0 Å². The van der Waals surface area contributed by atoms with Crippen molar-refractivity contribution < 1.29 is 21.6 Å². The van der Waals surface area contributed by atoms with Crippen molar-refractivity contribution in [2.24, 2.45) is 0 Å². The van der Waals surface area contributed by atoms with Crippen LogP contribution in [-0.2, 0) is 26.6 Å². The Labute approximate surface area is 247 Å². The summed E-state index contributed by atoms with van der Waals surface area (Å²) < 4.78 is 54.0. The highest BCUT2D eigenvalue weighted by Gasteiger charge is 2.21. The van der Waals surface area contributed by atoms with Gasteiger partial charge in [0.05, 0.1) is 23.4 Å². The molecule has 0 aliphatic rings. The number of nitrogens with zero attached hydrogens (tertiary/aromatic N) is 1. The summed E-state index contributed by atoms with van der Waals surface area (Å²) in [6.45, 7) is -0.0922. The number of hydrogen-bond donors (Lipinski definition) is 2. The topological polar surface area (TPSA) is 113 Å². The zero-order valence-electron chi connectivity index (χ0n) is 20.8. The van der Waals surface area contributed by atoms with Crippen LogP contribution in [0.25, 0.3) is 0 Å². The SMILES string of the molecule is CS(=O)(=O)N(Cc1c(Cl)cccc1Cl)c1ccc(C(=O)Nc2ccc(S(=O)(=O)Nc3ccc(Cl)cc3)cc2)cc1. The van der Waals surface area contributed by atoms with Crippen LogP contribution >= 0.6 is 34.8 Å². The van der Waals surface area contributed by atoms with E-state index in [2.05, 4.69) is 10.0 Å². The molecule has 13 heteroatoms. The number of hydrogen-bond acceptors (Lipinski definition) is 5. The van der Waals surface area contributed by atoms with E-state index in [0.717, 1.165) is 10.6 Å². The van der Waals surface area contributed by atoms with Crippen LogP contribution in [0, 0.1) is 0 Å². The molecule has 2 N–H and O–H groups in total. The van der Waals surface area contributed by atoms with Crippen molar-refractivity contribution in [2.45, 2.75) is 11.4 Å². The molecule has 4 rings (SSSR count). The van der Waals surface area contributed by atoms with Crippen LogP contribution in [0.1, 0.15) is 15.9 Å². The molecule has 208 valence electrons. The first-order valence-electron chi connectivity index (χ1n) is 11.5. The van der Waals surface area contributed by atoms with Gasteiger partial charge in [-0.25, -0.2) is 16.8 Å². The van der Waals surface area contributed by atoms with E-state index in [1.165, 1.54) is 48.5 Å². The summed E-state index contributed by atoms with van der Waals surface area (Å²) in [4.78, 5) is 12.8. The Hall–Kier alpha value is -3.28. The summed E-state index contributed by atoms with van der Waals surface area (Å²) >= 11 is 18.3. The highest BCUT2D eigenvalue weighted by atomic mass is 35.5. The zero-order chi connectivity index (χ0) is 29.1. The fraction of sp³-hybridized carbons (Fsp3) is 0.0741. The Bertz CT molecular complexity index is 1730. The summed E-state index contributed by atoms with van der Waals surface area (Å²) in [7, 11) is -7.57. The molecule has 0 atom stereocenters. The molecule has 40 heavy (non-hydrogen) atoms. The van der Waals surface area contributed by atoms with Gasteiger partial charge in [0.15, 0.2) is 0 Å². The quantitative estimate of drug-likeness (QED) is 0.213. The van der Waals surface area contributed by atoms with Gasteiger partial charge in [0, 0.05) is 37.6 Å². The number of benzene rings is 4. The predicted molar refractivity (Wildman–Crippen MR) is 161 cm³/mol. The van der Waals surface area contributed by atoms with E-state index >= 15 is 0 Å². The Morgan fingerprint density at radius 1 is 0.750 bits per heavy atom. The molecule has 0 saturated carbocycles. The standard InChI is InChI=1S/C27H22Cl3N3O5S2/c1-39(35,36)33(17-24-25(29)3-2-4-26(24)30)22-13-5-18(6-14-22)27(34)31-20-11-15-23(16-12-20)40(37,38)32-21-9-7-19(28)8-10-21/h2-16,32H,17H2,1H3,(H,31,34). The third kappa shape index (κ3) is 7.26. The van der Waals surface area contributed by atoms with Crippen molar-refractivity contribution in [3.8, 4) is 0 Å². The third-order valence-electron chi connectivity index (χ3n) is 5.70. The maximum absolute atomic E-state index is 12.8. The Kier molecular flexibility index (Phi) is 8.96. The van der Waals surface area contributed by atoms with Crippen molar-refractivity contribution in [3.63, 3.8) is 0 Å². The average molecular weight is 639 g/mol. The number of carbonyl (C=O) groups is 1. The number of rotatable bonds is 9. The van der Waals surface area contributed by atoms with Crippen LogP contribution in [0.4, 0.5) is 17.1 Å². The van der Waals surface area contributed by atoms with Gasteiger partial charge in [-0.1, -0.05) is 40.9 Å². The monoisotopic (exact) mass is 637 g/mol. The lowest BCUT2D eigenvalue weighted by Crippen LogP contribution is -2.29. The minimum Gasteiger partial charge on any atom is -0.322 e. The normalized spacial score (nSPS) is 11.6. The lowest BCUT2D eigenvalue weighted by Gasteiger charge is -2.23. The van der Waals surface area contributed by atoms with Crippen LogP contribution < -0.4 is 14.3 Å². The van der Waals surface area contributed by atoms with Crippen LogP contribution in [-0.4, -0.2) is 29.0 Å². The zero-order valence-corrected chi connectivity index (χ0v) is 24.7. The molecule has 0 aromatic heterocycles. The minimum absolute atomic E-state index is 0.00397. The highest BCUT2D eigenvalue weighted by molar-refractivity contribution is 7.92. The van der Waals surface area contributed by atoms with Crippen molar-refractivity contribution in [2.75, 3.05) is 20.6 Å². The van der Waals surface area contributed by atoms with E-state index in [1.54, 1.807) is 42.5 Å². The Morgan fingerprint density at radius 2 is 1.30 bits per heavy atom. The van der Waals surface area contributed by atoms with Crippen molar-refractivity contribution in [1.82, 2.24) is 0 Å². The fourth-order valence-electron chi connectivity index (χ4n) is 3.66. The van der Waals surface area contributed by atoms with E-state index in [1.807, 2.05) is 0 Å². The summed E-state index contributed by atoms with van der Waals surface area (Å²) in [5.41, 5.74) is 1.75. The fourth-order valence-corrected chi connectivity index (χ4v) is 6.23. The van der Waals surface area contributed by atoms with E-state index < -0.39 is 26.0 Å². The average Bonchev–Trinajstić information content (AvgIpc) is 2.89. The Balaban J connectivity index is 1.46. The molecule has 0 heterocycles. The van der Waals surface area contributed by atoms with Gasteiger partial charge < -0.3 is 5.32 Å². The molecule has 0 unspecified atom stereocenters. The molecule has 0 saturated heterocycles. The third-order valence-corrected chi connectivity index (χ3v) is 9.20. The molecule has 1 amide bonds. The number of sulfonamides is 2. The molecular weight excluding hydrogens is 617 g/mol. The Morgan fingerprint density at radius 3 is 1.85 bits per heavy atom. The second kappa shape index (κ2) is 12.1. The van der Waals surface area contributed by atoms with Gasteiger partial charge in [-0.2, -0.15) is 0 Å². The first-order chi connectivity index (χ1) is 18.8. The molecule has 4 aromatic carbocycles. The van der Waals surface area contributed by atoms with E-state index in [9.17, 15) is 21.6 Å². The molecule has 4 aromatic rings. The summed E-state index contributed by atoms with van der Waals surface area (Å²) in [6, 6.07) is 22.7. The van der Waals surface area contributed by atoms with E-state index in [4.69, 9.17) is 34.8 Å². The summed E-state index contributed by atoms with van der Waals surface area (Å²) in [5.74, 6) is -0.471. The summed E-state index contributed by atoms with van der Waals surface area (Å²) in [5, 5.41) is 3.83. The van der Waals surface area contributed by atoms with Gasteiger partial charge in [0.1, 0.15) is 0 Å². The number of amides is 1. The predicted octanol–water partition coefficient (Wildman–Crippen LogP) is 6.67. The van der Waals surface area contributed by atoms with Gasteiger partial charge >= 0.3 is 0 Å². The molecular formula is C27H22Cl3N3O5S2. The van der Waals surface area contributed by atoms with E-state index in [-0.39, 0.29) is 17.0 Å². The molecule has 0 aliphatic heterocycles. The first-order valence-corrected chi connectivity index (χ1v) is 16.0. The largest absolute Gasteiger partial charge is 0.322 e. The van der Waals surface area contributed by atoms with Crippen molar-refractivity contribution in [1.29, 1.82) is 0 Å². The maximum atomic E-state index is 12.8. The van der Waals surface area contributed by atoms with Gasteiger partial charge in [-0.3, -0.25) is 13.8 Å². The van der Waals surface area contributed by atoms with Crippen LogP contribution in [0.3, 0.4) is 0 Å². The van der Waals surface area contributed by atoms with Crippen LogP contribution in [0.15, 0.2) is 95.9 Å². The van der Waals surface area contributed by atoms with Gasteiger partial charge in [0.25, 0.3) is 15.9 Å². The van der Waals surface area contributed by atoms with Gasteiger partial charge in [-0.05, 0) is 84.9 Å². The first kappa shape index (κ1) is 29.7.